The number of hydrogen-bond acceptors (Lipinski definition) is 5. The summed E-state index contributed by atoms with van der Waals surface area (Å²) >= 11 is 0. The molecule has 0 aliphatic rings. The van der Waals surface area contributed by atoms with Crippen molar-refractivity contribution in [2.24, 2.45) is 0 Å². The highest BCUT2D eigenvalue weighted by Gasteiger charge is 2.18. The molecule has 0 spiro atoms. The van der Waals surface area contributed by atoms with E-state index < -0.39 is 23.4 Å². The number of amides is 3. The first-order chi connectivity index (χ1) is 9.17. The SMILES string of the molecule is CCCN(CC(=O)NC(=O)NC(C)(C)C)CC(=O)OC. The van der Waals surface area contributed by atoms with Crippen LogP contribution in [0.5, 0.6) is 0 Å². The summed E-state index contributed by atoms with van der Waals surface area (Å²) in [4.78, 5) is 36.1. The zero-order valence-corrected chi connectivity index (χ0v) is 12.9. The predicted octanol–water partition coefficient (Wildman–Crippen LogP) is 0.496. The summed E-state index contributed by atoms with van der Waals surface area (Å²) in [6, 6.07) is -0.544. The van der Waals surface area contributed by atoms with Crippen molar-refractivity contribution in [2.45, 2.75) is 39.7 Å². The smallest absolute Gasteiger partial charge is 0.321 e. The third-order valence-electron chi connectivity index (χ3n) is 2.23. The zero-order chi connectivity index (χ0) is 15.8. The van der Waals surface area contributed by atoms with Crippen LogP contribution in [0.2, 0.25) is 0 Å². The minimum Gasteiger partial charge on any atom is -0.468 e. The fraction of sp³-hybridized carbons (Fsp3) is 0.769. The number of carbonyl (C=O) groups excluding carboxylic acids is 3. The molecule has 116 valence electrons. The second-order valence-electron chi connectivity index (χ2n) is 5.54. The lowest BCUT2D eigenvalue weighted by atomic mass is 10.1. The first-order valence-corrected chi connectivity index (χ1v) is 6.59. The van der Waals surface area contributed by atoms with Crippen molar-refractivity contribution in [2.75, 3.05) is 26.7 Å². The summed E-state index contributed by atoms with van der Waals surface area (Å²) in [6.07, 6.45) is 0.790. The van der Waals surface area contributed by atoms with Gasteiger partial charge < -0.3 is 10.1 Å². The van der Waals surface area contributed by atoms with E-state index in [-0.39, 0.29) is 13.1 Å². The Morgan fingerprint density at radius 3 is 2.20 bits per heavy atom. The first kappa shape index (κ1) is 18.4. The fourth-order valence-electron chi connectivity index (χ4n) is 1.52. The number of urea groups is 1. The van der Waals surface area contributed by atoms with Crippen molar-refractivity contribution in [3.63, 3.8) is 0 Å². The second kappa shape index (κ2) is 8.52. The summed E-state index contributed by atoms with van der Waals surface area (Å²) in [7, 11) is 1.29. The summed E-state index contributed by atoms with van der Waals surface area (Å²) in [6.45, 7) is 7.96. The summed E-state index contributed by atoms with van der Waals surface area (Å²) < 4.78 is 4.56. The molecule has 0 aromatic rings. The Bertz CT molecular complexity index is 350. The normalized spacial score (nSPS) is 11.1. The van der Waals surface area contributed by atoms with Gasteiger partial charge in [0.05, 0.1) is 20.2 Å². The van der Waals surface area contributed by atoms with Gasteiger partial charge in [-0.15, -0.1) is 0 Å². The molecule has 0 radical (unpaired) electrons. The van der Waals surface area contributed by atoms with Gasteiger partial charge in [-0.2, -0.15) is 0 Å². The van der Waals surface area contributed by atoms with E-state index in [1.54, 1.807) is 4.90 Å². The van der Waals surface area contributed by atoms with E-state index in [2.05, 4.69) is 15.4 Å². The van der Waals surface area contributed by atoms with Crippen LogP contribution in [0.15, 0.2) is 0 Å². The van der Waals surface area contributed by atoms with Crippen LogP contribution >= 0.6 is 0 Å². The monoisotopic (exact) mass is 287 g/mol. The molecule has 0 aromatic carbocycles. The topological polar surface area (TPSA) is 87.7 Å². The van der Waals surface area contributed by atoms with E-state index >= 15 is 0 Å². The number of nitrogens with zero attached hydrogens (tertiary/aromatic N) is 1. The highest BCUT2D eigenvalue weighted by molar-refractivity contribution is 5.95. The average molecular weight is 287 g/mol. The average Bonchev–Trinajstić information content (AvgIpc) is 2.25. The van der Waals surface area contributed by atoms with E-state index in [0.29, 0.717) is 6.54 Å². The van der Waals surface area contributed by atoms with Crippen LogP contribution in [0.1, 0.15) is 34.1 Å². The molecule has 0 saturated heterocycles. The van der Waals surface area contributed by atoms with Gasteiger partial charge in [-0.05, 0) is 33.7 Å². The molecule has 20 heavy (non-hydrogen) atoms. The quantitative estimate of drug-likeness (QED) is 0.694. The molecule has 7 heteroatoms. The second-order valence-corrected chi connectivity index (χ2v) is 5.54. The van der Waals surface area contributed by atoms with Crippen LogP contribution in [-0.2, 0) is 14.3 Å². The number of rotatable bonds is 6. The lowest BCUT2D eigenvalue weighted by Crippen LogP contribution is -2.50. The van der Waals surface area contributed by atoms with Crippen molar-refractivity contribution in [1.29, 1.82) is 0 Å². The largest absolute Gasteiger partial charge is 0.468 e. The molecule has 3 amide bonds. The molecule has 0 atom stereocenters. The maximum absolute atomic E-state index is 11.7. The third kappa shape index (κ3) is 9.32. The number of esters is 1. The molecule has 0 unspecified atom stereocenters. The van der Waals surface area contributed by atoms with Gasteiger partial charge in [0, 0.05) is 5.54 Å². The van der Waals surface area contributed by atoms with E-state index in [9.17, 15) is 14.4 Å². The van der Waals surface area contributed by atoms with E-state index in [0.717, 1.165) is 6.42 Å². The molecule has 0 rings (SSSR count). The highest BCUT2D eigenvalue weighted by Crippen LogP contribution is 1.97. The molecular weight excluding hydrogens is 262 g/mol. The van der Waals surface area contributed by atoms with Gasteiger partial charge in [-0.3, -0.25) is 19.8 Å². The van der Waals surface area contributed by atoms with Crippen LogP contribution in [0.4, 0.5) is 4.79 Å². The summed E-state index contributed by atoms with van der Waals surface area (Å²) in [5.41, 5.74) is -0.417. The molecule has 0 fully saturated rings. The van der Waals surface area contributed by atoms with E-state index in [1.165, 1.54) is 7.11 Å². The van der Waals surface area contributed by atoms with Crippen molar-refractivity contribution in [3.05, 3.63) is 0 Å². The third-order valence-corrected chi connectivity index (χ3v) is 2.23. The first-order valence-electron chi connectivity index (χ1n) is 6.59. The number of carbonyl (C=O) groups is 3. The Kier molecular flexibility index (Phi) is 7.83. The van der Waals surface area contributed by atoms with Gasteiger partial charge in [0.25, 0.3) is 0 Å². The lowest BCUT2D eigenvalue weighted by Gasteiger charge is -2.22. The summed E-state index contributed by atoms with van der Waals surface area (Å²) in [5, 5.41) is 4.86. The standard InChI is InChI=1S/C13H25N3O4/c1-6-7-16(9-11(18)20-5)8-10(17)14-12(19)15-13(2,3)4/h6-9H2,1-5H3,(H2,14,15,17,19). The number of hydrogen-bond donors (Lipinski definition) is 2. The molecular formula is C13H25N3O4. The molecule has 0 aromatic heterocycles. The van der Waals surface area contributed by atoms with Crippen molar-refractivity contribution in [1.82, 2.24) is 15.5 Å². The Morgan fingerprint density at radius 1 is 1.15 bits per heavy atom. The summed E-state index contributed by atoms with van der Waals surface area (Å²) in [5.74, 6) is -0.866. The number of methoxy groups -OCH3 is 1. The van der Waals surface area contributed by atoms with E-state index in [4.69, 9.17) is 0 Å². The van der Waals surface area contributed by atoms with Gasteiger partial charge in [0.2, 0.25) is 5.91 Å². The predicted molar refractivity (Wildman–Crippen MR) is 75.2 cm³/mol. The van der Waals surface area contributed by atoms with Crippen molar-refractivity contribution < 1.29 is 19.1 Å². The maximum Gasteiger partial charge on any atom is 0.321 e. The molecule has 0 aliphatic carbocycles. The van der Waals surface area contributed by atoms with Crippen LogP contribution < -0.4 is 10.6 Å². The highest BCUT2D eigenvalue weighted by atomic mass is 16.5. The Hall–Kier alpha value is -1.63. The Labute approximate surface area is 120 Å². The van der Waals surface area contributed by atoms with Crippen LogP contribution in [0.3, 0.4) is 0 Å². The van der Waals surface area contributed by atoms with Crippen molar-refractivity contribution in [3.8, 4) is 0 Å². The lowest BCUT2D eigenvalue weighted by molar-refractivity contribution is -0.142. The van der Waals surface area contributed by atoms with Crippen LogP contribution in [0.25, 0.3) is 0 Å². The van der Waals surface area contributed by atoms with Gasteiger partial charge in [0.15, 0.2) is 0 Å². The fourth-order valence-corrected chi connectivity index (χ4v) is 1.52. The molecule has 0 saturated carbocycles. The van der Waals surface area contributed by atoms with Gasteiger partial charge in [-0.1, -0.05) is 6.92 Å². The number of ether oxygens (including phenoxy) is 1. The van der Waals surface area contributed by atoms with E-state index in [1.807, 2.05) is 27.7 Å². The van der Waals surface area contributed by atoms with Crippen LogP contribution in [0, 0.1) is 0 Å². The zero-order valence-electron chi connectivity index (χ0n) is 12.9. The Balaban J connectivity index is 4.31. The minimum atomic E-state index is -0.544. The van der Waals surface area contributed by atoms with Crippen LogP contribution in [-0.4, -0.2) is 55.1 Å². The number of imide groups is 1. The van der Waals surface area contributed by atoms with Gasteiger partial charge in [-0.25, -0.2) is 4.79 Å². The molecule has 0 aliphatic heterocycles. The van der Waals surface area contributed by atoms with Gasteiger partial charge in [0.1, 0.15) is 0 Å². The number of nitrogens with one attached hydrogen (secondary N) is 2. The van der Waals surface area contributed by atoms with Gasteiger partial charge >= 0.3 is 12.0 Å². The molecule has 0 heterocycles. The molecule has 7 nitrogen and oxygen atoms in total. The minimum absolute atomic E-state index is 0.0264. The van der Waals surface area contributed by atoms with Crippen molar-refractivity contribution >= 4 is 17.9 Å². The maximum atomic E-state index is 11.7. The molecule has 0 bridgehead atoms. The molecule has 2 N–H and O–H groups in total. The Morgan fingerprint density at radius 2 is 1.75 bits per heavy atom.